The lowest BCUT2D eigenvalue weighted by atomic mass is 9.86. The molecule has 0 unspecified atom stereocenters. The number of halogens is 1. The normalized spacial score (nSPS) is 13.0. The first kappa shape index (κ1) is 33.6. The van der Waals surface area contributed by atoms with E-state index < -0.39 is 41.6 Å². The summed E-state index contributed by atoms with van der Waals surface area (Å²) in [6.07, 6.45) is -1.04. The summed E-state index contributed by atoms with van der Waals surface area (Å²) in [7, 11) is 1.38. The lowest BCUT2D eigenvalue weighted by Gasteiger charge is -2.25. The van der Waals surface area contributed by atoms with Crippen molar-refractivity contribution in [2.75, 3.05) is 25.6 Å². The minimum atomic E-state index is -2.36. The van der Waals surface area contributed by atoms with Gasteiger partial charge in [-0.1, -0.05) is 48.5 Å². The van der Waals surface area contributed by atoms with E-state index in [1.165, 1.54) is 73.8 Å². The summed E-state index contributed by atoms with van der Waals surface area (Å²) in [5.41, 5.74) is -1.72. The van der Waals surface area contributed by atoms with Crippen LogP contribution in [0.2, 0.25) is 0 Å². The van der Waals surface area contributed by atoms with E-state index in [1.54, 1.807) is 24.3 Å². The molecule has 0 aliphatic rings. The van der Waals surface area contributed by atoms with Crippen LogP contribution in [0.1, 0.15) is 28.4 Å². The van der Waals surface area contributed by atoms with E-state index in [1.807, 2.05) is 0 Å². The van der Waals surface area contributed by atoms with Crippen LogP contribution in [0.4, 0.5) is 10.1 Å². The van der Waals surface area contributed by atoms with Crippen LogP contribution in [0.5, 0.6) is 17.2 Å². The number of aliphatic hydroxyl groups excluding tert-OH is 1. The van der Waals surface area contributed by atoms with Crippen molar-refractivity contribution in [2.24, 2.45) is 0 Å². The van der Waals surface area contributed by atoms with E-state index in [2.05, 4.69) is 15.6 Å². The summed E-state index contributed by atoms with van der Waals surface area (Å²) in [6, 6.07) is 21.7. The molecule has 48 heavy (non-hydrogen) atoms. The molecular formula is C35H32FN3O9. The number of rotatable bonds is 13. The molecule has 13 heteroatoms. The molecule has 0 aliphatic heterocycles. The van der Waals surface area contributed by atoms with E-state index in [9.17, 15) is 34.8 Å². The smallest absolute Gasteiger partial charge is 0.345 e. The van der Waals surface area contributed by atoms with Crippen LogP contribution in [0.3, 0.4) is 0 Å². The van der Waals surface area contributed by atoms with Crippen molar-refractivity contribution in [1.29, 1.82) is 0 Å². The van der Waals surface area contributed by atoms with Gasteiger partial charge in [0, 0.05) is 41.7 Å². The number of carboxylic acids is 1. The highest BCUT2D eigenvalue weighted by Gasteiger charge is 2.40. The van der Waals surface area contributed by atoms with Gasteiger partial charge in [0.05, 0.1) is 24.4 Å². The number of aliphatic carboxylic acids is 1. The number of anilines is 1. The maximum atomic E-state index is 15.1. The number of fused-ring (bicyclic) bond motifs is 1. The third-order valence-corrected chi connectivity index (χ3v) is 7.69. The Morgan fingerprint density at radius 2 is 1.73 bits per heavy atom. The standard InChI is InChI=1S/C35H32FN3O9/c1-47-30-16-27(26(36)14-20(30)17-37-18-29(41)24-10-12-28(40)33-25(24)11-13-31(42)39-33)38-32(43)19-48-23-9-5-8-22(15-23)35(46,34(44)45)21-6-3-2-4-7-21/h2-16,29,37,40-41,46H,17-19H2,1H3,(H,38,43)(H,39,42)(H,44,45)/t29-,35-/m0/s1. The van der Waals surface area contributed by atoms with Crippen LogP contribution in [0.15, 0.2) is 95.8 Å². The van der Waals surface area contributed by atoms with Crippen LogP contribution in [0.25, 0.3) is 10.9 Å². The lowest BCUT2D eigenvalue weighted by Crippen LogP contribution is -2.36. The second-order valence-electron chi connectivity index (χ2n) is 10.8. The molecule has 0 spiro atoms. The Balaban J connectivity index is 1.21. The van der Waals surface area contributed by atoms with E-state index in [-0.39, 0.29) is 52.7 Å². The Morgan fingerprint density at radius 3 is 2.46 bits per heavy atom. The van der Waals surface area contributed by atoms with E-state index in [0.717, 1.165) is 0 Å². The van der Waals surface area contributed by atoms with Crippen molar-refractivity contribution in [2.45, 2.75) is 18.2 Å². The van der Waals surface area contributed by atoms with Crippen LogP contribution >= 0.6 is 0 Å². The molecule has 0 fully saturated rings. The number of hydrogen-bond acceptors (Lipinski definition) is 9. The molecule has 0 saturated carbocycles. The number of amides is 1. The number of phenolic OH excluding ortho intramolecular Hbond substituents is 1. The summed E-state index contributed by atoms with van der Waals surface area (Å²) in [5.74, 6) is -2.74. The van der Waals surface area contributed by atoms with E-state index in [0.29, 0.717) is 16.5 Å². The van der Waals surface area contributed by atoms with Gasteiger partial charge in [-0.05, 0) is 41.5 Å². The van der Waals surface area contributed by atoms with Gasteiger partial charge in [0.25, 0.3) is 5.91 Å². The molecule has 0 bridgehead atoms. The van der Waals surface area contributed by atoms with Crippen LogP contribution < -0.4 is 25.7 Å². The first-order valence-electron chi connectivity index (χ1n) is 14.7. The second-order valence-corrected chi connectivity index (χ2v) is 10.8. The zero-order valence-corrected chi connectivity index (χ0v) is 25.6. The average Bonchev–Trinajstić information content (AvgIpc) is 3.08. The second kappa shape index (κ2) is 14.3. The predicted octanol–water partition coefficient (Wildman–Crippen LogP) is 3.54. The maximum Gasteiger partial charge on any atom is 0.345 e. The first-order valence-corrected chi connectivity index (χ1v) is 14.7. The number of carbonyl (C=O) groups is 2. The van der Waals surface area contributed by atoms with Crippen LogP contribution in [0, 0.1) is 5.82 Å². The number of ether oxygens (including phenoxy) is 2. The number of aromatic nitrogens is 1. The molecule has 0 saturated heterocycles. The van der Waals surface area contributed by atoms with Gasteiger partial charge >= 0.3 is 5.97 Å². The molecule has 0 aliphatic carbocycles. The number of carbonyl (C=O) groups excluding carboxylic acids is 1. The molecular weight excluding hydrogens is 625 g/mol. The summed E-state index contributed by atoms with van der Waals surface area (Å²) in [6.45, 7) is -0.428. The number of methoxy groups -OCH3 is 1. The Hall–Kier alpha value is -5.76. The largest absolute Gasteiger partial charge is 0.506 e. The third kappa shape index (κ3) is 7.13. The number of aliphatic hydroxyl groups is 2. The first-order chi connectivity index (χ1) is 23.0. The summed E-state index contributed by atoms with van der Waals surface area (Å²) in [5, 5.41) is 47.7. The molecule has 2 atom stereocenters. The summed E-state index contributed by atoms with van der Waals surface area (Å²) in [4.78, 5) is 39.0. The van der Waals surface area contributed by atoms with Gasteiger partial charge in [-0.2, -0.15) is 0 Å². The topological polar surface area (TPSA) is 190 Å². The molecule has 5 aromatic rings. The number of hydrogen-bond donors (Lipinski definition) is 7. The Labute approximate surface area is 273 Å². The minimum absolute atomic E-state index is 0.0133. The molecule has 7 N–H and O–H groups in total. The molecule has 248 valence electrons. The minimum Gasteiger partial charge on any atom is -0.506 e. The van der Waals surface area contributed by atoms with Gasteiger partial charge in [0.15, 0.2) is 6.61 Å². The Morgan fingerprint density at radius 1 is 0.979 bits per heavy atom. The van der Waals surface area contributed by atoms with Gasteiger partial charge in [-0.15, -0.1) is 0 Å². The fourth-order valence-electron chi connectivity index (χ4n) is 5.26. The Kier molecular flexibility index (Phi) is 10.0. The Bertz CT molecular complexity index is 2020. The van der Waals surface area contributed by atoms with Crippen molar-refractivity contribution in [3.05, 3.63) is 129 Å². The third-order valence-electron chi connectivity index (χ3n) is 7.69. The number of aromatic hydroxyl groups is 1. The highest BCUT2D eigenvalue weighted by atomic mass is 19.1. The van der Waals surface area contributed by atoms with Gasteiger partial charge in [0.1, 0.15) is 23.1 Å². The molecule has 5 rings (SSSR count). The van der Waals surface area contributed by atoms with Crippen molar-refractivity contribution < 1.29 is 43.9 Å². The molecule has 1 aromatic heterocycles. The number of aromatic amines is 1. The monoisotopic (exact) mass is 657 g/mol. The number of H-pyrrole nitrogens is 1. The number of phenols is 1. The predicted molar refractivity (Wildman–Crippen MR) is 173 cm³/mol. The number of nitrogens with one attached hydrogen (secondary N) is 3. The van der Waals surface area contributed by atoms with Gasteiger partial charge in [-0.25, -0.2) is 9.18 Å². The summed E-state index contributed by atoms with van der Waals surface area (Å²) < 4.78 is 26.0. The zero-order chi connectivity index (χ0) is 34.4. The SMILES string of the molecule is COc1cc(NC(=O)COc2cccc([C@](O)(C(=O)O)c3ccccc3)c2)c(F)cc1CNC[C@H](O)c1ccc(O)c2[nH]c(=O)ccc12. The van der Waals surface area contributed by atoms with Crippen LogP contribution in [-0.4, -0.2) is 57.5 Å². The number of pyridine rings is 1. The molecule has 0 radical (unpaired) electrons. The van der Waals surface area contributed by atoms with Gasteiger partial charge < -0.3 is 45.5 Å². The fourth-order valence-corrected chi connectivity index (χ4v) is 5.26. The van der Waals surface area contributed by atoms with E-state index in [4.69, 9.17) is 9.47 Å². The van der Waals surface area contributed by atoms with Gasteiger partial charge in [-0.3, -0.25) is 9.59 Å². The van der Waals surface area contributed by atoms with E-state index >= 15 is 4.39 Å². The highest BCUT2D eigenvalue weighted by Crippen LogP contribution is 2.33. The highest BCUT2D eigenvalue weighted by molar-refractivity contribution is 5.92. The summed E-state index contributed by atoms with van der Waals surface area (Å²) >= 11 is 0. The lowest BCUT2D eigenvalue weighted by molar-refractivity contribution is -0.155. The van der Waals surface area contributed by atoms with Crippen LogP contribution in [-0.2, 0) is 21.7 Å². The number of benzene rings is 4. The van der Waals surface area contributed by atoms with Crippen molar-refractivity contribution >= 4 is 28.5 Å². The van der Waals surface area contributed by atoms with Crippen molar-refractivity contribution in [1.82, 2.24) is 10.3 Å². The van der Waals surface area contributed by atoms with Gasteiger partial charge in [0.2, 0.25) is 11.2 Å². The zero-order valence-electron chi connectivity index (χ0n) is 25.6. The molecule has 4 aromatic carbocycles. The average molecular weight is 658 g/mol. The van der Waals surface area contributed by atoms with Crippen molar-refractivity contribution in [3.8, 4) is 17.2 Å². The fraction of sp³-hybridized carbons (Fsp3) is 0.171. The van der Waals surface area contributed by atoms with Crippen molar-refractivity contribution in [3.63, 3.8) is 0 Å². The maximum absolute atomic E-state index is 15.1. The molecule has 1 amide bonds. The molecule has 12 nitrogen and oxygen atoms in total. The number of carboxylic acid groups (broad SMARTS) is 1. The molecule has 1 heterocycles. The quantitative estimate of drug-likeness (QED) is 0.0986.